The monoisotopic (exact) mass is 471 g/mol. The normalized spacial score (nSPS) is 12.6. The van der Waals surface area contributed by atoms with E-state index >= 15 is 0 Å². The molecule has 2 aliphatic rings. The van der Waals surface area contributed by atoms with Crippen LogP contribution in [0.5, 0.6) is 0 Å². The first-order chi connectivity index (χ1) is 18.3. The quantitative estimate of drug-likeness (QED) is 0.248. The third-order valence-corrected chi connectivity index (χ3v) is 8.04. The van der Waals surface area contributed by atoms with Crippen molar-refractivity contribution in [1.29, 1.82) is 0 Å². The van der Waals surface area contributed by atoms with Crippen molar-refractivity contribution in [3.63, 3.8) is 0 Å². The number of nitrogens with zero attached hydrogens (tertiary/aromatic N) is 1. The fourth-order valence-electron chi connectivity index (χ4n) is 6.45. The summed E-state index contributed by atoms with van der Waals surface area (Å²) in [6.45, 7) is 0. The molecule has 6 aromatic rings. The SMILES string of the molecule is c1ccc(N(c2ccccc2)c2cc3c(c4ccccc24)-c2cc4c(cc2C3)-c2ccccc2C4)cc1. The second kappa shape index (κ2) is 7.94. The highest BCUT2D eigenvalue weighted by atomic mass is 15.1. The molecule has 8 rings (SSSR count). The number of para-hydroxylation sites is 2. The molecular formula is C36H25N. The maximum Gasteiger partial charge on any atom is 0.0543 e. The molecule has 0 aromatic heterocycles. The lowest BCUT2D eigenvalue weighted by molar-refractivity contribution is 1.23. The maximum absolute atomic E-state index is 2.48. The summed E-state index contributed by atoms with van der Waals surface area (Å²) in [5, 5.41) is 2.62. The van der Waals surface area contributed by atoms with Crippen LogP contribution in [0.3, 0.4) is 0 Å². The van der Waals surface area contributed by atoms with E-state index in [4.69, 9.17) is 0 Å². The molecule has 6 aromatic carbocycles. The lowest BCUT2D eigenvalue weighted by atomic mass is 9.94. The van der Waals surface area contributed by atoms with E-state index in [1.165, 1.54) is 72.3 Å². The lowest BCUT2D eigenvalue weighted by Gasteiger charge is -2.28. The third kappa shape index (κ3) is 3.11. The summed E-state index contributed by atoms with van der Waals surface area (Å²) in [5.41, 5.74) is 15.0. The lowest BCUT2D eigenvalue weighted by Crippen LogP contribution is -2.10. The molecule has 0 heterocycles. The van der Waals surface area contributed by atoms with Crippen molar-refractivity contribution in [2.45, 2.75) is 12.8 Å². The van der Waals surface area contributed by atoms with Crippen molar-refractivity contribution in [1.82, 2.24) is 0 Å². The van der Waals surface area contributed by atoms with E-state index in [0.29, 0.717) is 0 Å². The Morgan fingerprint density at radius 1 is 0.405 bits per heavy atom. The topological polar surface area (TPSA) is 3.24 Å². The smallest absolute Gasteiger partial charge is 0.0543 e. The summed E-state index contributed by atoms with van der Waals surface area (Å²) in [6, 6.07) is 46.7. The molecule has 37 heavy (non-hydrogen) atoms. The van der Waals surface area contributed by atoms with Gasteiger partial charge < -0.3 is 4.90 Å². The highest BCUT2D eigenvalue weighted by molar-refractivity contribution is 6.09. The van der Waals surface area contributed by atoms with Crippen molar-refractivity contribution in [3.05, 3.63) is 150 Å². The summed E-state index contributed by atoms with van der Waals surface area (Å²) >= 11 is 0. The Kier molecular flexibility index (Phi) is 4.41. The Labute approximate surface area is 217 Å². The van der Waals surface area contributed by atoms with Gasteiger partial charge in [-0.05, 0) is 105 Å². The second-order valence-corrected chi connectivity index (χ2v) is 10.2. The van der Waals surface area contributed by atoms with E-state index in [0.717, 1.165) is 12.8 Å². The van der Waals surface area contributed by atoms with Crippen molar-refractivity contribution in [3.8, 4) is 22.3 Å². The molecule has 0 bridgehead atoms. The molecule has 0 fully saturated rings. The number of benzene rings is 6. The Bertz CT molecular complexity index is 1780. The fraction of sp³-hybridized carbons (Fsp3) is 0.0556. The zero-order valence-electron chi connectivity index (χ0n) is 20.5. The first-order valence-corrected chi connectivity index (χ1v) is 13.0. The molecule has 0 spiro atoms. The van der Waals surface area contributed by atoms with Gasteiger partial charge in [0.25, 0.3) is 0 Å². The van der Waals surface area contributed by atoms with E-state index in [2.05, 4.69) is 132 Å². The Balaban J connectivity index is 1.36. The van der Waals surface area contributed by atoms with Crippen molar-refractivity contribution >= 4 is 27.8 Å². The Morgan fingerprint density at radius 2 is 0.973 bits per heavy atom. The van der Waals surface area contributed by atoms with Gasteiger partial charge in [0.2, 0.25) is 0 Å². The van der Waals surface area contributed by atoms with Crippen molar-refractivity contribution in [2.75, 3.05) is 4.90 Å². The van der Waals surface area contributed by atoms with Gasteiger partial charge in [-0.3, -0.25) is 0 Å². The molecule has 0 amide bonds. The highest BCUT2D eigenvalue weighted by Gasteiger charge is 2.28. The zero-order valence-corrected chi connectivity index (χ0v) is 20.5. The predicted molar refractivity (Wildman–Crippen MR) is 155 cm³/mol. The third-order valence-electron chi connectivity index (χ3n) is 8.04. The molecule has 0 N–H and O–H groups in total. The van der Waals surface area contributed by atoms with Gasteiger partial charge in [-0.1, -0.05) is 84.9 Å². The average Bonchev–Trinajstić information content (AvgIpc) is 3.50. The van der Waals surface area contributed by atoms with Crippen LogP contribution in [0, 0.1) is 0 Å². The molecule has 0 aliphatic heterocycles. The predicted octanol–water partition coefficient (Wildman–Crippen LogP) is 9.45. The average molecular weight is 472 g/mol. The molecule has 0 saturated heterocycles. The molecule has 1 nitrogen and oxygen atoms in total. The molecule has 2 aliphatic carbocycles. The minimum absolute atomic E-state index is 0.968. The zero-order chi connectivity index (χ0) is 24.3. The van der Waals surface area contributed by atoms with E-state index in [1.54, 1.807) is 0 Å². The summed E-state index contributed by atoms with van der Waals surface area (Å²) in [5.74, 6) is 0. The van der Waals surface area contributed by atoms with Crippen LogP contribution in [0.1, 0.15) is 22.3 Å². The van der Waals surface area contributed by atoms with E-state index in [1.807, 2.05) is 0 Å². The van der Waals surface area contributed by atoms with Gasteiger partial charge in [0.05, 0.1) is 5.69 Å². The maximum atomic E-state index is 2.48. The van der Waals surface area contributed by atoms with Crippen LogP contribution in [-0.4, -0.2) is 0 Å². The first kappa shape index (κ1) is 20.6. The summed E-state index contributed by atoms with van der Waals surface area (Å²) in [4.78, 5) is 2.40. The van der Waals surface area contributed by atoms with Crippen LogP contribution in [0.25, 0.3) is 33.0 Å². The molecule has 0 atom stereocenters. The number of fused-ring (bicyclic) bond motifs is 8. The Morgan fingerprint density at radius 3 is 1.73 bits per heavy atom. The molecule has 0 unspecified atom stereocenters. The molecular weight excluding hydrogens is 446 g/mol. The van der Waals surface area contributed by atoms with Crippen LogP contribution < -0.4 is 4.90 Å². The number of hydrogen-bond acceptors (Lipinski definition) is 1. The van der Waals surface area contributed by atoms with Crippen molar-refractivity contribution in [2.24, 2.45) is 0 Å². The van der Waals surface area contributed by atoms with Crippen LogP contribution in [0.2, 0.25) is 0 Å². The van der Waals surface area contributed by atoms with Gasteiger partial charge in [0.15, 0.2) is 0 Å². The van der Waals surface area contributed by atoms with E-state index in [9.17, 15) is 0 Å². The second-order valence-electron chi connectivity index (χ2n) is 10.2. The van der Waals surface area contributed by atoms with Gasteiger partial charge in [-0.2, -0.15) is 0 Å². The van der Waals surface area contributed by atoms with Crippen molar-refractivity contribution < 1.29 is 0 Å². The molecule has 1 heteroatoms. The van der Waals surface area contributed by atoms with E-state index < -0.39 is 0 Å². The van der Waals surface area contributed by atoms with Crippen LogP contribution >= 0.6 is 0 Å². The van der Waals surface area contributed by atoms with Gasteiger partial charge in [0.1, 0.15) is 0 Å². The largest absolute Gasteiger partial charge is 0.310 e. The van der Waals surface area contributed by atoms with Crippen LogP contribution in [0.4, 0.5) is 17.1 Å². The minimum atomic E-state index is 0.968. The standard InChI is InChI=1S/C36H25N/c1-3-12-28(13-4-1)37(29-14-5-2-6-15-29)35-23-27-20-26-21-33-25(19-24-11-7-8-16-30(24)33)22-34(26)36(27)32-18-10-9-17-31(32)35/h1-18,21-23H,19-20H2. The fourth-order valence-corrected chi connectivity index (χ4v) is 6.45. The van der Waals surface area contributed by atoms with Gasteiger partial charge in [0, 0.05) is 16.8 Å². The number of rotatable bonds is 3. The Hall–Kier alpha value is -4.62. The van der Waals surface area contributed by atoms with Gasteiger partial charge >= 0.3 is 0 Å². The van der Waals surface area contributed by atoms with E-state index in [-0.39, 0.29) is 0 Å². The first-order valence-electron chi connectivity index (χ1n) is 13.0. The minimum Gasteiger partial charge on any atom is -0.310 e. The summed E-state index contributed by atoms with van der Waals surface area (Å²) < 4.78 is 0. The summed E-state index contributed by atoms with van der Waals surface area (Å²) in [6.07, 6.45) is 2.00. The molecule has 174 valence electrons. The van der Waals surface area contributed by atoms with Gasteiger partial charge in [-0.15, -0.1) is 0 Å². The molecule has 0 saturated carbocycles. The molecule has 0 radical (unpaired) electrons. The van der Waals surface area contributed by atoms with Crippen LogP contribution in [-0.2, 0) is 12.8 Å². The highest BCUT2D eigenvalue weighted by Crippen LogP contribution is 2.50. The number of anilines is 3. The summed E-state index contributed by atoms with van der Waals surface area (Å²) in [7, 11) is 0. The van der Waals surface area contributed by atoms with Crippen LogP contribution in [0.15, 0.2) is 127 Å². The van der Waals surface area contributed by atoms with Gasteiger partial charge in [-0.25, -0.2) is 0 Å². The number of hydrogen-bond donors (Lipinski definition) is 0.